The zero-order valence-electron chi connectivity index (χ0n) is 33.9. The van der Waals surface area contributed by atoms with Crippen LogP contribution in [0.5, 0.6) is 0 Å². The number of hydrogen-bond acceptors (Lipinski definition) is 3. The summed E-state index contributed by atoms with van der Waals surface area (Å²) in [6, 6.07) is 70.3. The Bertz CT molecular complexity index is 3430. The van der Waals surface area contributed by atoms with E-state index in [0.29, 0.717) is 5.92 Å². The number of nitrogens with zero attached hydrogens (tertiary/aromatic N) is 1. The average molecular weight is 786 g/mol. The van der Waals surface area contributed by atoms with Gasteiger partial charge in [0.25, 0.3) is 0 Å². The summed E-state index contributed by atoms with van der Waals surface area (Å²) >= 11 is 0. The fourth-order valence-corrected chi connectivity index (χ4v) is 10.3. The highest BCUT2D eigenvalue weighted by Crippen LogP contribution is 2.48. The lowest BCUT2D eigenvalue weighted by Gasteiger charge is -2.30. The molecule has 0 unspecified atom stereocenters. The van der Waals surface area contributed by atoms with Crippen LogP contribution in [0.1, 0.15) is 43.6 Å². The van der Waals surface area contributed by atoms with Gasteiger partial charge in [-0.15, -0.1) is 0 Å². The molecule has 3 nitrogen and oxygen atoms in total. The van der Waals surface area contributed by atoms with Gasteiger partial charge in [-0.1, -0.05) is 165 Å². The molecule has 0 saturated heterocycles. The minimum atomic E-state index is 0.567. The average Bonchev–Trinajstić information content (AvgIpc) is 3.91. The van der Waals surface area contributed by atoms with E-state index in [-0.39, 0.29) is 0 Å². The Balaban J connectivity index is 1.09. The van der Waals surface area contributed by atoms with Gasteiger partial charge >= 0.3 is 0 Å². The van der Waals surface area contributed by atoms with Crippen molar-refractivity contribution in [2.75, 3.05) is 4.90 Å². The molecular weight excluding hydrogens is 743 g/mol. The zero-order valence-corrected chi connectivity index (χ0v) is 33.9. The van der Waals surface area contributed by atoms with Gasteiger partial charge in [0, 0.05) is 44.0 Å². The lowest BCUT2D eigenvalue weighted by atomic mass is 9.80. The van der Waals surface area contributed by atoms with Gasteiger partial charge in [0.05, 0.1) is 5.69 Å². The highest BCUT2D eigenvalue weighted by Gasteiger charge is 2.24. The van der Waals surface area contributed by atoms with Crippen molar-refractivity contribution in [3.8, 4) is 33.4 Å². The fraction of sp³-hybridized carbons (Fsp3) is 0.103. The molecule has 61 heavy (non-hydrogen) atoms. The lowest BCUT2D eigenvalue weighted by molar-refractivity contribution is 0.445. The molecule has 12 rings (SSSR count). The highest BCUT2D eigenvalue weighted by atomic mass is 16.3. The SMILES string of the molecule is c1cc(-c2cccc3c2oc2ccccc23)cc(N(c2cccc(-c3cccc4oc5ccccc5c34)c2)c2ccccc2-c2cccc3cccc(C4CCCCC4)c23)c1. The molecule has 0 N–H and O–H groups in total. The van der Waals surface area contributed by atoms with E-state index in [1.54, 1.807) is 0 Å². The molecule has 0 atom stereocenters. The van der Waals surface area contributed by atoms with Crippen LogP contribution in [0, 0.1) is 0 Å². The first-order chi connectivity index (χ1) is 30.3. The first-order valence-electron chi connectivity index (χ1n) is 21.7. The van der Waals surface area contributed by atoms with Crippen LogP contribution in [0.25, 0.3) is 88.0 Å². The Hall–Kier alpha value is -7.36. The number of para-hydroxylation sites is 4. The van der Waals surface area contributed by atoms with Gasteiger partial charge in [-0.25, -0.2) is 0 Å². The van der Waals surface area contributed by atoms with Gasteiger partial charge in [-0.2, -0.15) is 0 Å². The minimum Gasteiger partial charge on any atom is -0.456 e. The summed E-state index contributed by atoms with van der Waals surface area (Å²) in [5.74, 6) is 0.567. The summed E-state index contributed by atoms with van der Waals surface area (Å²) in [4.78, 5) is 2.46. The summed E-state index contributed by atoms with van der Waals surface area (Å²) < 4.78 is 13.0. The number of benzene rings is 9. The third kappa shape index (κ3) is 6.03. The van der Waals surface area contributed by atoms with E-state index >= 15 is 0 Å². The first-order valence-corrected chi connectivity index (χ1v) is 21.7. The molecule has 9 aromatic carbocycles. The molecule has 2 heterocycles. The minimum absolute atomic E-state index is 0.567. The van der Waals surface area contributed by atoms with Crippen molar-refractivity contribution in [1.82, 2.24) is 0 Å². The molecule has 11 aromatic rings. The van der Waals surface area contributed by atoms with Crippen LogP contribution in [-0.4, -0.2) is 0 Å². The Morgan fingerprint density at radius 3 is 1.79 bits per heavy atom. The van der Waals surface area contributed by atoms with Crippen LogP contribution >= 0.6 is 0 Å². The third-order valence-electron chi connectivity index (χ3n) is 13.1. The quantitative estimate of drug-likeness (QED) is 0.161. The molecular formula is C58H43NO2. The van der Waals surface area contributed by atoms with Gasteiger partial charge in [0.2, 0.25) is 0 Å². The first kappa shape index (κ1) is 35.6. The van der Waals surface area contributed by atoms with Crippen LogP contribution in [0.3, 0.4) is 0 Å². The van der Waals surface area contributed by atoms with E-state index in [2.05, 4.69) is 187 Å². The lowest BCUT2D eigenvalue weighted by Crippen LogP contribution is -2.12. The number of hydrogen-bond donors (Lipinski definition) is 0. The van der Waals surface area contributed by atoms with Crippen molar-refractivity contribution in [2.24, 2.45) is 0 Å². The number of anilines is 3. The Morgan fingerprint density at radius 1 is 0.393 bits per heavy atom. The maximum atomic E-state index is 6.59. The van der Waals surface area contributed by atoms with Gasteiger partial charge in [0.15, 0.2) is 0 Å². The van der Waals surface area contributed by atoms with Crippen molar-refractivity contribution in [3.63, 3.8) is 0 Å². The molecule has 1 aliphatic carbocycles. The topological polar surface area (TPSA) is 29.5 Å². The molecule has 1 saturated carbocycles. The van der Waals surface area contributed by atoms with E-state index in [0.717, 1.165) is 83.2 Å². The summed E-state index contributed by atoms with van der Waals surface area (Å²) in [5, 5.41) is 7.18. The summed E-state index contributed by atoms with van der Waals surface area (Å²) in [6.07, 6.45) is 6.42. The van der Waals surface area contributed by atoms with Crippen LogP contribution < -0.4 is 4.90 Å². The molecule has 1 aliphatic rings. The van der Waals surface area contributed by atoms with Crippen molar-refractivity contribution >= 4 is 71.7 Å². The summed E-state index contributed by atoms with van der Waals surface area (Å²) in [6.45, 7) is 0. The van der Waals surface area contributed by atoms with Crippen molar-refractivity contribution < 1.29 is 8.83 Å². The molecule has 2 aromatic heterocycles. The van der Waals surface area contributed by atoms with Gasteiger partial charge in [0.1, 0.15) is 22.3 Å². The van der Waals surface area contributed by atoms with Crippen molar-refractivity contribution in [3.05, 3.63) is 200 Å². The number of fused-ring (bicyclic) bond motifs is 7. The van der Waals surface area contributed by atoms with Crippen molar-refractivity contribution in [1.29, 1.82) is 0 Å². The van der Waals surface area contributed by atoms with E-state index in [9.17, 15) is 0 Å². The van der Waals surface area contributed by atoms with Crippen LogP contribution in [-0.2, 0) is 0 Å². The molecule has 292 valence electrons. The monoisotopic (exact) mass is 785 g/mol. The second-order valence-corrected chi connectivity index (χ2v) is 16.6. The summed E-state index contributed by atoms with van der Waals surface area (Å²) in [5.41, 5.74) is 15.3. The van der Waals surface area contributed by atoms with Crippen LogP contribution in [0.4, 0.5) is 17.1 Å². The normalized spacial score (nSPS) is 13.5. The second kappa shape index (κ2) is 14.7. The third-order valence-corrected chi connectivity index (χ3v) is 13.1. The van der Waals surface area contributed by atoms with Crippen LogP contribution in [0.15, 0.2) is 203 Å². The Kier molecular flexibility index (Phi) is 8.59. The Labute approximate surface area is 355 Å². The largest absolute Gasteiger partial charge is 0.456 e. The number of rotatable bonds is 7. The Morgan fingerprint density at radius 2 is 0.967 bits per heavy atom. The predicted octanol–water partition coefficient (Wildman–Crippen LogP) is 17.2. The highest BCUT2D eigenvalue weighted by molar-refractivity contribution is 6.13. The van der Waals surface area contributed by atoms with E-state index in [1.165, 1.54) is 59.6 Å². The van der Waals surface area contributed by atoms with Crippen LogP contribution in [0.2, 0.25) is 0 Å². The zero-order chi connectivity index (χ0) is 40.3. The van der Waals surface area contributed by atoms with Gasteiger partial charge in [-0.3, -0.25) is 0 Å². The van der Waals surface area contributed by atoms with Gasteiger partial charge < -0.3 is 13.7 Å². The fourth-order valence-electron chi connectivity index (χ4n) is 10.3. The molecule has 3 heteroatoms. The van der Waals surface area contributed by atoms with E-state index < -0.39 is 0 Å². The molecule has 1 fully saturated rings. The molecule has 0 spiro atoms. The smallest absolute Gasteiger partial charge is 0.143 e. The predicted molar refractivity (Wildman–Crippen MR) is 255 cm³/mol. The summed E-state index contributed by atoms with van der Waals surface area (Å²) in [7, 11) is 0. The van der Waals surface area contributed by atoms with Crippen molar-refractivity contribution in [2.45, 2.75) is 38.0 Å². The number of furan rings is 2. The molecule has 0 aliphatic heterocycles. The standard InChI is InChI=1S/C58H43NO2/c1-2-16-38(17-3-1)44-27-12-18-39-19-13-30-49(56(39)44)47-24-4-7-32-52(47)59(42-22-10-20-40(36-42)45-28-15-35-55-57(45)51-26-6-9-34-54(51)60-55)43-23-11-21-41(37-43)46-29-14-31-50-48-25-5-8-33-53(48)61-58(46)50/h4-15,18-38H,1-3,16-17H2. The van der Waals surface area contributed by atoms with E-state index in [4.69, 9.17) is 8.83 Å². The van der Waals surface area contributed by atoms with Gasteiger partial charge in [-0.05, 0) is 106 Å². The molecule has 0 amide bonds. The second-order valence-electron chi connectivity index (χ2n) is 16.6. The maximum Gasteiger partial charge on any atom is 0.143 e. The van der Waals surface area contributed by atoms with E-state index in [1.807, 2.05) is 12.1 Å². The molecule has 0 radical (unpaired) electrons. The molecule has 0 bridgehead atoms. The maximum absolute atomic E-state index is 6.59.